The predicted molar refractivity (Wildman–Crippen MR) is 67.9 cm³/mol. The highest BCUT2D eigenvalue weighted by molar-refractivity contribution is 9.10. The average molecular weight is 297 g/mol. The van der Waals surface area contributed by atoms with E-state index < -0.39 is 0 Å². The lowest BCUT2D eigenvalue weighted by Crippen LogP contribution is -2.32. The van der Waals surface area contributed by atoms with Crippen molar-refractivity contribution in [3.63, 3.8) is 0 Å². The van der Waals surface area contributed by atoms with E-state index in [0.717, 1.165) is 22.3 Å². The van der Waals surface area contributed by atoms with Gasteiger partial charge in [0.05, 0.1) is 24.3 Å². The number of nitrogens with zero attached hydrogens (tertiary/aromatic N) is 2. The van der Waals surface area contributed by atoms with Crippen molar-refractivity contribution in [1.29, 1.82) is 0 Å². The lowest BCUT2D eigenvalue weighted by molar-refractivity contribution is -0.122. The van der Waals surface area contributed by atoms with Crippen LogP contribution in [-0.4, -0.2) is 23.2 Å². The average Bonchev–Trinajstić information content (AvgIpc) is 2.56. The number of ketones is 1. The first-order valence-corrected chi connectivity index (χ1v) is 6.37. The molecule has 5 heteroatoms. The summed E-state index contributed by atoms with van der Waals surface area (Å²) in [5, 5.41) is 0. The number of hydrogen-bond acceptors (Lipinski definition) is 3. The van der Waals surface area contributed by atoms with Crippen molar-refractivity contribution in [2.24, 2.45) is 0 Å². The normalized spacial score (nSPS) is 14.0. The molecule has 17 heavy (non-hydrogen) atoms. The maximum absolute atomic E-state index is 11.8. The molecule has 0 spiro atoms. The highest BCUT2D eigenvalue weighted by atomic mass is 79.9. The SMILES string of the molecule is CCCC(=O)CN1C(=O)Cc2ncc(Br)cc21. The van der Waals surface area contributed by atoms with Gasteiger partial charge in [-0.3, -0.25) is 14.6 Å². The summed E-state index contributed by atoms with van der Waals surface area (Å²) in [6.45, 7) is 2.12. The fourth-order valence-corrected chi connectivity index (χ4v) is 2.23. The van der Waals surface area contributed by atoms with Gasteiger partial charge in [0.25, 0.3) is 0 Å². The molecule has 1 aromatic heterocycles. The standard InChI is InChI=1S/C12H13BrN2O2/c1-2-3-9(16)7-15-11-4-8(13)6-14-10(11)5-12(15)17/h4,6H,2-3,5,7H2,1H3. The smallest absolute Gasteiger partial charge is 0.233 e. The van der Waals surface area contributed by atoms with Crippen LogP contribution in [-0.2, 0) is 16.0 Å². The summed E-state index contributed by atoms with van der Waals surface area (Å²) in [7, 11) is 0. The molecule has 0 saturated heterocycles. The van der Waals surface area contributed by atoms with Crippen LogP contribution >= 0.6 is 15.9 Å². The maximum atomic E-state index is 11.8. The Balaban J connectivity index is 2.22. The molecule has 0 atom stereocenters. The molecule has 1 aromatic rings. The van der Waals surface area contributed by atoms with E-state index in [4.69, 9.17) is 0 Å². The number of rotatable bonds is 4. The van der Waals surface area contributed by atoms with Gasteiger partial charge >= 0.3 is 0 Å². The molecule has 0 bridgehead atoms. The van der Waals surface area contributed by atoms with Crippen LogP contribution in [0.1, 0.15) is 25.5 Å². The minimum Gasteiger partial charge on any atom is -0.303 e. The van der Waals surface area contributed by atoms with Crippen molar-refractivity contribution < 1.29 is 9.59 Å². The predicted octanol–water partition coefficient (Wildman–Crippen LogP) is 2.10. The summed E-state index contributed by atoms with van der Waals surface area (Å²) >= 11 is 3.32. The molecule has 0 N–H and O–H groups in total. The zero-order valence-corrected chi connectivity index (χ0v) is 11.2. The van der Waals surface area contributed by atoms with Crippen LogP contribution in [0.3, 0.4) is 0 Å². The third kappa shape index (κ3) is 2.54. The number of amides is 1. The van der Waals surface area contributed by atoms with Crippen molar-refractivity contribution in [1.82, 2.24) is 4.98 Å². The van der Waals surface area contributed by atoms with Crippen LogP contribution in [0.4, 0.5) is 5.69 Å². The van der Waals surface area contributed by atoms with E-state index in [-0.39, 0.29) is 18.2 Å². The van der Waals surface area contributed by atoms with Crippen LogP contribution in [0.5, 0.6) is 0 Å². The number of anilines is 1. The van der Waals surface area contributed by atoms with E-state index in [0.29, 0.717) is 12.8 Å². The highest BCUT2D eigenvalue weighted by Gasteiger charge is 2.29. The fraction of sp³-hybridized carbons (Fsp3) is 0.417. The molecule has 1 aliphatic rings. The Kier molecular flexibility index (Phi) is 3.57. The zero-order valence-electron chi connectivity index (χ0n) is 9.57. The van der Waals surface area contributed by atoms with Crippen molar-refractivity contribution in [3.05, 3.63) is 22.4 Å². The molecule has 1 aliphatic heterocycles. The second-order valence-electron chi connectivity index (χ2n) is 4.06. The fourth-order valence-electron chi connectivity index (χ4n) is 1.91. The highest BCUT2D eigenvalue weighted by Crippen LogP contribution is 2.29. The first-order valence-electron chi connectivity index (χ1n) is 5.58. The summed E-state index contributed by atoms with van der Waals surface area (Å²) in [5.74, 6) is 0.0451. The molecule has 2 rings (SSSR count). The third-order valence-corrected chi connectivity index (χ3v) is 3.12. The van der Waals surface area contributed by atoms with Gasteiger partial charge in [-0.2, -0.15) is 0 Å². The summed E-state index contributed by atoms with van der Waals surface area (Å²) in [5.41, 5.74) is 1.51. The Labute approximate surface area is 108 Å². The van der Waals surface area contributed by atoms with Crippen molar-refractivity contribution in [3.8, 4) is 0 Å². The molecular formula is C12H13BrN2O2. The molecule has 0 saturated carbocycles. The minimum atomic E-state index is -0.0462. The van der Waals surface area contributed by atoms with Crippen LogP contribution in [0, 0.1) is 0 Å². The molecule has 0 aromatic carbocycles. The van der Waals surface area contributed by atoms with Crippen LogP contribution in [0.25, 0.3) is 0 Å². The maximum Gasteiger partial charge on any atom is 0.233 e. The number of Topliss-reactive ketones (excluding diaryl/α,β-unsaturated/α-hetero) is 1. The van der Waals surface area contributed by atoms with Gasteiger partial charge in [-0.15, -0.1) is 0 Å². The van der Waals surface area contributed by atoms with E-state index in [2.05, 4.69) is 20.9 Å². The minimum absolute atomic E-state index is 0.0462. The Morgan fingerprint density at radius 3 is 3.06 bits per heavy atom. The molecule has 1 amide bonds. The van der Waals surface area contributed by atoms with Gasteiger partial charge in [0, 0.05) is 17.1 Å². The molecule has 0 radical (unpaired) electrons. The van der Waals surface area contributed by atoms with Gasteiger partial charge in [-0.1, -0.05) is 6.92 Å². The number of carbonyl (C=O) groups excluding carboxylic acids is 2. The van der Waals surface area contributed by atoms with E-state index >= 15 is 0 Å². The summed E-state index contributed by atoms with van der Waals surface area (Å²) in [4.78, 5) is 29.1. The molecule has 0 unspecified atom stereocenters. The largest absolute Gasteiger partial charge is 0.303 e. The van der Waals surface area contributed by atoms with Gasteiger partial charge in [-0.05, 0) is 28.4 Å². The topological polar surface area (TPSA) is 50.3 Å². The Morgan fingerprint density at radius 2 is 2.35 bits per heavy atom. The number of fused-ring (bicyclic) bond motifs is 1. The Bertz CT molecular complexity index is 474. The first-order chi connectivity index (χ1) is 8.11. The number of carbonyl (C=O) groups is 2. The molecule has 0 fully saturated rings. The van der Waals surface area contributed by atoms with E-state index in [1.165, 1.54) is 4.90 Å². The summed E-state index contributed by atoms with van der Waals surface area (Å²) < 4.78 is 0.818. The van der Waals surface area contributed by atoms with Gasteiger partial charge in [0.2, 0.25) is 5.91 Å². The van der Waals surface area contributed by atoms with E-state index in [1.807, 2.05) is 13.0 Å². The molecule has 4 nitrogen and oxygen atoms in total. The second-order valence-corrected chi connectivity index (χ2v) is 4.98. The Hall–Kier alpha value is -1.23. The van der Waals surface area contributed by atoms with Gasteiger partial charge in [-0.25, -0.2) is 0 Å². The van der Waals surface area contributed by atoms with Crippen molar-refractivity contribution in [2.75, 3.05) is 11.4 Å². The lowest BCUT2D eigenvalue weighted by Gasteiger charge is -2.16. The summed E-state index contributed by atoms with van der Waals surface area (Å²) in [6.07, 6.45) is 3.29. The monoisotopic (exact) mass is 296 g/mol. The zero-order chi connectivity index (χ0) is 12.4. The number of aromatic nitrogens is 1. The van der Waals surface area contributed by atoms with Crippen LogP contribution < -0.4 is 4.90 Å². The van der Waals surface area contributed by atoms with Crippen molar-refractivity contribution in [2.45, 2.75) is 26.2 Å². The quantitative estimate of drug-likeness (QED) is 0.855. The number of hydrogen-bond donors (Lipinski definition) is 0. The van der Waals surface area contributed by atoms with Crippen molar-refractivity contribution >= 4 is 33.3 Å². The van der Waals surface area contributed by atoms with E-state index in [9.17, 15) is 9.59 Å². The van der Waals surface area contributed by atoms with Crippen LogP contribution in [0.2, 0.25) is 0 Å². The number of pyridine rings is 1. The lowest BCUT2D eigenvalue weighted by atomic mass is 10.2. The Morgan fingerprint density at radius 1 is 1.59 bits per heavy atom. The second kappa shape index (κ2) is 4.96. The molecule has 0 aliphatic carbocycles. The summed E-state index contributed by atoms with van der Waals surface area (Å²) in [6, 6.07) is 1.84. The third-order valence-electron chi connectivity index (χ3n) is 2.69. The van der Waals surface area contributed by atoms with Crippen LogP contribution in [0.15, 0.2) is 16.7 Å². The van der Waals surface area contributed by atoms with Gasteiger partial charge < -0.3 is 4.90 Å². The number of halogens is 1. The first kappa shape index (κ1) is 12.2. The molecular weight excluding hydrogens is 284 g/mol. The molecule has 90 valence electrons. The van der Waals surface area contributed by atoms with Gasteiger partial charge in [0.15, 0.2) is 5.78 Å². The van der Waals surface area contributed by atoms with Gasteiger partial charge in [0.1, 0.15) is 0 Å². The van der Waals surface area contributed by atoms with E-state index in [1.54, 1.807) is 6.20 Å². The molecule has 2 heterocycles.